The lowest BCUT2D eigenvalue weighted by Crippen LogP contribution is -2.38. The number of nitrogens with one attached hydrogen (secondary N) is 2. The first-order chi connectivity index (χ1) is 14.7. The minimum Gasteiger partial charge on any atom is -0.344 e. The van der Waals surface area contributed by atoms with E-state index in [-0.39, 0.29) is 22.9 Å². The van der Waals surface area contributed by atoms with E-state index in [4.69, 9.17) is 0 Å². The Balaban J connectivity index is 1.81. The molecule has 164 valence electrons. The molecule has 31 heavy (non-hydrogen) atoms. The Morgan fingerprint density at radius 3 is 2.42 bits per heavy atom. The number of hydrogen-bond donors (Lipinski definition) is 2. The molecule has 7 nitrogen and oxygen atoms in total. The first kappa shape index (κ1) is 22.6. The summed E-state index contributed by atoms with van der Waals surface area (Å²) >= 11 is 0. The molecule has 0 saturated heterocycles. The molecule has 1 unspecified atom stereocenters. The van der Waals surface area contributed by atoms with Crippen LogP contribution in [-0.4, -0.2) is 30.7 Å². The van der Waals surface area contributed by atoms with Crippen LogP contribution >= 0.6 is 0 Å². The average molecular weight is 445 g/mol. The van der Waals surface area contributed by atoms with Crippen LogP contribution in [0.5, 0.6) is 0 Å². The predicted molar refractivity (Wildman–Crippen MR) is 116 cm³/mol. The van der Waals surface area contributed by atoms with E-state index >= 15 is 0 Å². The number of carbonyl (C=O) groups excluding carboxylic acids is 1. The Morgan fingerprint density at radius 1 is 1.13 bits per heavy atom. The number of nitrogens with zero attached hydrogens (tertiary/aromatic N) is 2. The second kappa shape index (κ2) is 9.40. The lowest BCUT2D eigenvalue weighted by atomic mass is 10.0. The zero-order valence-corrected chi connectivity index (χ0v) is 18.4. The van der Waals surface area contributed by atoms with E-state index in [1.54, 1.807) is 37.4 Å². The first-order valence-electron chi connectivity index (χ1n) is 9.81. The van der Waals surface area contributed by atoms with Gasteiger partial charge in [-0.1, -0.05) is 50.2 Å². The number of halogens is 1. The van der Waals surface area contributed by atoms with Crippen LogP contribution in [0.2, 0.25) is 0 Å². The zero-order chi connectivity index (χ0) is 22.6. The van der Waals surface area contributed by atoms with Gasteiger partial charge in [0, 0.05) is 19.8 Å². The number of aryl methyl sites for hydroxylation is 1. The second-order valence-corrected chi connectivity index (χ2v) is 9.30. The zero-order valence-electron chi connectivity index (χ0n) is 17.5. The number of benzene rings is 2. The van der Waals surface area contributed by atoms with Crippen molar-refractivity contribution in [2.45, 2.75) is 30.7 Å². The molecule has 0 bridgehead atoms. The van der Waals surface area contributed by atoms with E-state index < -0.39 is 27.8 Å². The normalized spacial score (nSPS) is 12.7. The molecule has 1 amide bonds. The summed E-state index contributed by atoms with van der Waals surface area (Å²) in [6.45, 7) is 3.77. The Kier molecular flexibility index (Phi) is 6.87. The maximum atomic E-state index is 14.5. The highest BCUT2D eigenvalue weighted by molar-refractivity contribution is 7.89. The van der Waals surface area contributed by atoms with Crippen molar-refractivity contribution in [3.05, 3.63) is 83.4 Å². The van der Waals surface area contributed by atoms with Crippen LogP contribution in [0, 0.1) is 5.82 Å². The topological polar surface area (TPSA) is 93.1 Å². The second-order valence-electron chi connectivity index (χ2n) is 7.53. The van der Waals surface area contributed by atoms with Crippen molar-refractivity contribution in [3.8, 4) is 0 Å². The number of aromatic nitrogens is 2. The molecule has 1 heterocycles. The molecule has 0 aliphatic carbocycles. The van der Waals surface area contributed by atoms with Gasteiger partial charge in [-0.2, -0.15) is 5.10 Å². The fraction of sp³-hybridized carbons (Fsp3) is 0.273. The molecule has 3 aromatic rings. The summed E-state index contributed by atoms with van der Waals surface area (Å²) in [5.41, 5.74) is 1.38. The summed E-state index contributed by atoms with van der Waals surface area (Å²) < 4.78 is 43.5. The molecule has 1 aromatic heterocycles. The smallest absolute Gasteiger partial charge is 0.254 e. The van der Waals surface area contributed by atoms with Gasteiger partial charge in [0.05, 0.1) is 17.8 Å². The van der Waals surface area contributed by atoms with E-state index in [1.165, 1.54) is 29.2 Å². The van der Waals surface area contributed by atoms with Crippen molar-refractivity contribution in [2.75, 3.05) is 6.54 Å². The molecule has 2 N–H and O–H groups in total. The minimum atomic E-state index is -3.82. The van der Waals surface area contributed by atoms with Crippen LogP contribution in [0.1, 0.15) is 47.3 Å². The quantitative estimate of drug-likeness (QED) is 0.558. The number of carbonyl (C=O) groups is 1. The number of hydrogen-bond acceptors (Lipinski definition) is 4. The van der Waals surface area contributed by atoms with E-state index in [0.717, 1.165) is 5.56 Å². The number of rotatable bonds is 8. The van der Waals surface area contributed by atoms with Crippen LogP contribution in [0.4, 0.5) is 4.39 Å². The molecule has 3 rings (SSSR count). The number of sulfonamides is 1. The molecule has 2 aromatic carbocycles. The molecule has 0 aliphatic rings. The fourth-order valence-electron chi connectivity index (χ4n) is 3.06. The summed E-state index contributed by atoms with van der Waals surface area (Å²) in [5, 5.41) is 6.61. The largest absolute Gasteiger partial charge is 0.344 e. The Morgan fingerprint density at radius 2 is 1.84 bits per heavy atom. The van der Waals surface area contributed by atoms with E-state index in [0.29, 0.717) is 5.56 Å². The predicted octanol–water partition coefficient (Wildman–Crippen LogP) is 3.13. The molecule has 0 fully saturated rings. The highest BCUT2D eigenvalue weighted by Gasteiger charge is 2.22. The third kappa shape index (κ3) is 5.56. The van der Waals surface area contributed by atoms with Crippen molar-refractivity contribution >= 4 is 15.9 Å². The van der Waals surface area contributed by atoms with Gasteiger partial charge in [0.15, 0.2) is 0 Å². The van der Waals surface area contributed by atoms with Crippen LogP contribution in [0.3, 0.4) is 0 Å². The molecule has 0 radical (unpaired) electrons. The highest BCUT2D eigenvalue weighted by Crippen LogP contribution is 2.20. The lowest BCUT2D eigenvalue weighted by Gasteiger charge is -2.20. The third-order valence-electron chi connectivity index (χ3n) is 4.88. The van der Waals surface area contributed by atoms with Crippen LogP contribution in [0.25, 0.3) is 0 Å². The van der Waals surface area contributed by atoms with Gasteiger partial charge in [0.25, 0.3) is 5.91 Å². The summed E-state index contributed by atoms with van der Waals surface area (Å²) in [4.78, 5) is 12.8. The molecule has 0 saturated carbocycles. The lowest BCUT2D eigenvalue weighted by molar-refractivity contribution is 0.0933. The van der Waals surface area contributed by atoms with Crippen molar-refractivity contribution in [3.63, 3.8) is 0 Å². The third-order valence-corrected chi connectivity index (χ3v) is 6.26. The van der Waals surface area contributed by atoms with E-state index in [2.05, 4.69) is 15.1 Å². The molecular weight excluding hydrogens is 419 g/mol. The van der Waals surface area contributed by atoms with Gasteiger partial charge in [-0.25, -0.2) is 17.5 Å². The van der Waals surface area contributed by atoms with E-state index in [9.17, 15) is 17.6 Å². The Hall–Kier alpha value is -3.04. The minimum absolute atomic E-state index is 0.0171. The SMILES string of the molecule is CC(C)c1ccc(C(=O)NC(CNS(=O)(=O)c2cnn(C)c2)c2ccccc2)c(F)c1. The molecule has 0 spiro atoms. The monoisotopic (exact) mass is 444 g/mol. The van der Waals surface area contributed by atoms with Gasteiger partial charge < -0.3 is 5.32 Å². The van der Waals surface area contributed by atoms with Gasteiger partial charge >= 0.3 is 0 Å². The molecule has 0 aliphatic heterocycles. The standard InChI is InChI=1S/C22H25FN4O3S/c1-15(2)17-9-10-19(20(23)11-17)22(28)26-21(16-7-5-4-6-8-16)13-25-31(29,30)18-12-24-27(3)14-18/h4-12,14-15,21,25H,13H2,1-3H3,(H,26,28). The maximum Gasteiger partial charge on any atom is 0.254 e. The van der Waals surface area contributed by atoms with Gasteiger partial charge in [-0.3, -0.25) is 9.48 Å². The van der Waals surface area contributed by atoms with Crippen molar-refractivity contribution in [1.82, 2.24) is 19.8 Å². The highest BCUT2D eigenvalue weighted by atomic mass is 32.2. The Labute approximate surface area is 181 Å². The Bertz CT molecular complexity index is 1160. The van der Waals surface area contributed by atoms with Gasteiger partial charge in [0.2, 0.25) is 10.0 Å². The van der Waals surface area contributed by atoms with Gasteiger partial charge in [-0.05, 0) is 29.2 Å². The fourth-order valence-corrected chi connectivity index (χ4v) is 4.09. The maximum absolute atomic E-state index is 14.5. The summed E-state index contributed by atoms with van der Waals surface area (Å²) in [7, 11) is -2.21. The van der Waals surface area contributed by atoms with Crippen molar-refractivity contribution in [1.29, 1.82) is 0 Å². The van der Waals surface area contributed by atoms with E-state index in [1.807, 2.05) is 19.9 Å². The van der Waals surface area contributed by atoms with Crippen molar-refractivity contribution < 1.29 is 17.6 Å². The van der Waals surface area contributed by atoms with Crippen LogP contribution in [-0.2, 0) is 17.1 Å². The van der Waals surface area contributed by atoms with Crippen LogP contribution in [0.15, 0.2) is 65.8 Å². The van der Waals surface area contributed by atoms with Crippen molar-refractivity contribution in [2.24, 2.45) is 7.05 Å². The summed E-state index contributed by atoms with van der Waals surface area (Å²) in [6, 6.07) is 12.7. The molecular formula is C22H25FN4O3S. The summed E-state index contributed by atoms with van der Waals surface area (Å²) in [6.07, 6.45) is 2.62. The number of amides is 1. The molecule has 9 heteroatoms. The summed E-state index contributed by atoms with van der Waals surface area (Å²) in [5.74, 6) is -1.11. The van der Waals surface area contributed by atoms with Gasteiger partial charge in [0.1, 0.15) is 10.7 Å². The first-order valence-corrected chi connectivity index (χ1v) is 11.3. The molecule has 1 atom stereocenters. The average Bonchev–Trinajstić information content (AvgIpc) is 3.18. The van der Waals surface area contributed by atoms with Crippen LogP contribution < -0.4 is 10.0 Å². The van der Waals surface area contributed by atoms with Gasteiger partial charge in [-0.15, -0.1) is 0 Å².